The van der Waals surface area contributed by atoms with E-state index in [9.17, 15) is 4.79 Å². The van der Waals surface area contributed by atoms with Crippen LogP contribution < -0.4 is 0 Å². The predicted octanol–water partition coefficient (Wildman–Crippen LogP) is 3.63. The summed E-state index contributed by atoms with van der Waals surface area (Å²) in [6.45, 7) is 9.00. The van der Waals surface area contributed by atoms with Crippen LogP contribution in [0.3, 0.4) is 0 Å². The van der Waals surface area contributed by atoms with E-state index in [4.69, 9.17) is 0 Å². The van der Waals surface area contributed by atoms with E-state index in [-0.39, 0.29) is 5.91 Å². The standard InChI is InChI=1S/C17H21N3OS/c1-5-19(12-13(2)3)16(21)15-11-18-17(22-4)20(15)14-9-7-6-8-10-14/h6-11H,2,5,12H2,1,3-4H3. The van der Waals surface area contributed by atoms with Crippen molar-refractivity contribution in [1.82, 2.24) is 14.5 Å². The molecule has 22 heavy (non-hydrogen) atoms. The molecule has 1 heterocycles. The molecule has 1 amide bonds. The average molecular weight is 315 g/mol. The third-order valence-corrected chi connectivity index (χ3v) is 3.93. The molecule has 0 unspecified atom stereocenters. The highest BCUT2D eigenvalue weighted by molar-refractivity contribution is 7.98. The summed E-state index contributed by atoms with van der Waals surface area (Å²) in [5.74, 6) is -0.0258. The molecule has 0 N–H and O–H groups in total. The van der Waals surface area contributed by atoms with Crippen molar-refractivity contribution >= 4 is 17.7 Å². The van der Waals surface area contributed by atoms with Crippen LogP contribution >= 0.6 is 11.8 Å². The smallest absolute Gasteiger partial charge is 0.272 e. The first-order chi connectivity index (χ1) is 10.6. The zero-order valence-electron chi connectivity index (χ0n) is 13.2. The summed E-state index contributed by atoms with van der Waals surface area (Å²) in [5, 5.41) is 0.806. The number of hydrogen-bond acceptors (Lipinski definition) is 3. The summed E-state index contributed by atoms with van der Waals surface area (Å²) in [6.07, 6.45) is 3.61. The lowest BCUT2D eigenvalue weighted by atomic mass is 10.2. The van der Waals surface area contributed by atoms with Gasteiger partial charge in [-0.2, -0.15) is 0 Å². The molecule has 0 radical (unpaired) electrons. The summed E-state index contributed by atoms with van der Waals surface area (Å²) < 4.78 is 1.91. The van der Waals surface area contributed by atoms with Gasteiger partial charge in [0.05, 0.1) is 6.20 Å². The summed E-state index contributed by atoms with van der Waals surface area (Å²) in [5.41, 5.74) is 2.49. The number of hydrogen-bond donors (Lipinski definition) is 0. The maximum absolute atomic E-state index is 12.8. The lowest BCUT2D eigenvalue weighted by molar-refractivity contribution is 0.0769. The number of aromatic nitrogens is 2. The molecule has 0 bridgehead atoms. The van der Waals surface area contributed by atoms with E-state index in [2.05, 4.69) is 11.6 Å². The number of rotatable bonds is 6. The van der Waals surface area contributed by atoms with Crippen LogP contribution in [0.5, 0.6) is 0 Å². The zero-order chi connectivity index (χ0) is 16.1. The Kier molecular flexibility index (Phi) is 5.44. The minimum absolute atomic E-state index is 0.0258. The van der Waals surface area contributed by atoms with Gasteiger partial charge in [0.2, 0.25) is 0 Å². The number of imidazole rings is 1. The number of likely N-dealkylation sites (N-methyl/N-ethyl adjacent to an activating group) is 1. The third-order valence-electron chi connectivity index (χ3n) is 3.28. The van der Waals surface area contributed by atoms with E-state index < -0.39 is 0 Å². The number of carbonyl (C=O) groups is 1. The lowest BCUT2D eigenvalue weighted by Crippen LogP contribution is -2.33. The Bertz CT molecular complexity index is 664. The van der Waals surface area contributed by atoms with E-state index in [1.54, 1.807) is 11.1 Å². The number of benzene rings is 1. The third kappa shape index (κ3) is 3.42. The molecule has 2 aromatic rings. The Hall–Kier alpha value is -2.01. The van der Waals surface area contributed by atoms with Crippen molar-refractivity contribution in [2.75, 3.05) is 19.3 Å². The Morgan fingerprint density at radius 1 is 1.36 bits per heavy atom. The highest BCUT2D eigenvalue weighted by atomic mass is 32.2. The highest BCUT2D eigenvalue weighted by Gasteiger charge is 2.21. The fourth-order valence-corrected chi connectivity index (χ4v) is 2.82. The number of nitrogens with zero attached hydrogens (tertiary/aromatic N) is 3. The first kappa shape index (κ1) is 16.4. The van der Waals surface area contributed by atoms with Gasteiger partial charge in [0.15, 0.2) is 5.16 Å². The lowest BCUT2D eigenvalue weighted by Gasteiger charge is -2.21. The van der Waals surface area contributed by atoms with Gasteiger partial charge in [0.1, 0.15) is 5.69 Å². The van der Waals surface area contributed by atoms with Crippen molar-refractivity contribution in [2.24, 2.45) is 0 Å². The molecule has 0 saturated heterocycles. The Morgan fingerprint density at radius 2 is 2.05 bits per heavy atom. The van der Waals surface area contributed by atoms with E-state index in [1.807, 2.05) is 55.0 Å². The number of amides is 1. The van der Waals surface area contributed by atoms with Crippen molar-refractivity contribution < 1.29 is 4.79 Å². The molecule has 5 heteroatoms. The largest absolute Gasteiger partial charge is 0.334 e. The van der Waals surface area contributed by atoms with E-state index in [1.165, 1.54) is 11.8 Å². The van der Waals surface area contributed by atoms with Crippen LogP contribution in [0.15, 0.2) is 53.8 Å². The van der Waals surface area contributed by atoms with Crippen LogP contribution in [0.1, 0.15) is 24.3 Å². The molecule has 0 spiro atoms. The maximum atomic E-state index is 12.8. The Morgan fingerprint density at radius 3 is 2.59 bits per heavy atom. The van der Waals surface area contributed by atoms with Gasteiger partial charge in [0.25, 0.3) is 5.91 Å². The Balaban J connectivity index is 2.45. The first-order valence-electron chi connectivity index (χ1n) is 7.19. The normalized spacial score (nSPS) is 10.5. The molecular weight excluding hydrogens is 294 g/mol. The molecule has 0 aliphatic carbocycles. The molecule has 116 valence electrons. The van der Waals surface area contributed by atoms with Gasteiger partial charge in [-0.1, -0.05) is 42.1 Å². The van der Waals surface area contributed by atoms with Gasteiger partial charge in [-0.25, -0.2) is 4.98 Å². The maximum Gasteiger partial charge on any atom is 0.272 e. The molecular formula is C17H21N3OS. The van der Waals surface area contributed by atoms with E-state index >= 15 is 0 Å². The molecule has 1 aromatic heterocycles. The van der Waals surface area contributed by atoms with Gasteiger partial charge in [-0.15, -0.1) is 0 Å². The average Bonchev–Trinajstić information content (AvgIpc) is 2.96. The number of para-hydroxylation sites is 1. The first-order valence-corrected chi connectivity index (χ1v) is 8.41. The molecule has 1 aromatic carbocycles. The van der Waals surface area contributed by atoms with Crippen molar-refractivity contribution in [3.05, 3.63) is 54.4 Å². The summed E-state index contributed by atoms with van der Waals surface area (Å²) in [7, 11) is 0. The quantitative estimate of drug-likeness (QED) is 0.603. The van der Waals surface area contributed by atoms with Crippen molar-refractivity contribution in [3.63, 3.8) is 0 Å². The van der Waals surface area contributed by atoms with Crippen LogP contribution in [-0.4, -0.2) is 39.7 Å². The molecule has 4 nitrogen and oxygen atoms in total. The fourth-order valence-electron chi connectivity index (χ4n) is 2.27. The summed E-state index contributed by atoms with van der Waals surface area (Å²) in [4.78, 5) is 19.0. The topological polar surface area (TPSA) is 38.1 Å². The van der Waals surface area contributed by atoms with Crippen LogP contribution in [0.4, 0.5) is 0 Å². The van der Waals surface area contributed by atoms with Crippen LogP contribution in [0.2, 0.25) is 0 Å². The van der Waals surface area contributed by atoms with Gasteiger partial charge in [0, 0.05) is 18.8 Å². The second-order valence-electron chi connectivity index (χ2n) is 5.08. The molecule has 0 atom stereocenters. The second-order valence-corrected chi connectivity index (χ2v) is 5.85. The molecule has 2 rings (SSSR count). The zero-order valence-corrected chi connectivity index (χ0v) is 14.1. The monoisotopic (exact) mass is 315 g/mol. The second kappa shape index (κ2) is 7.31. The van der Waals surface area contributed by atoms with Gasteiger partial charge < -0.3 is 4.90 Å². The fraction of sp³-hybridized carbons (Fsp3) is 0.294. The van der Waals surface area contributed by atoms with Gasteiger partial charge in [-0.05, 0) is 32.2 Å². The summed E-state index contributed by atoms with van der Waals surface area (Å²) in [6, 6.07) is 9.83. The number of carbonyl (C=O) groups excluding carboxylic acids is 1. The molecule has 0 aliphatic rings. The minimum atomic E-state index is -0.0258. The van der Waals surface area contributed by atoms with Crippen molar-refractivity contribution in [1.29, 1.82) is 0 Å². The van der Waals surface area contributed by atoms with E-state index in [0.29, 0.717) is 18.8 Å². The minimum Gasteiger partial charge on any atom is -0.334 e. The van der Waals surface area contributed by atoms with Gasteiger partial charge >= 0.3 is 0 Å². The van der Waals surface area contributed by atoms with Crippen LogP contribution in [0.25, 0.3) is 5.69 Å². The highest BCUT2D eigenvalue weighted by Crippen LogP contribution is 2.22. The van der Waals surface area contributed by atoms with Crippen molar-refractivity contribution in [3.8, 4) is 5.69 Å². The molecule has 0 fully saturated rings. The number of thioether (sulfide) groups is 1. The van der Waals surface area contributed by atoms with Crippen molar-refractivity contribution in [2.45, 2.75) is 19.0 Å². The SMILES string of the molecule is C=C(C)CN(CC)C(=O)c1cnc(SC)n1-c1ccccc1. The Labute approximate surface area is 135 Å². The van der Waals surface area contributed by atoms with Crippen LogP contribution in [0, 0.1) is 0 Å². The predicted molar refractivity (Wildman–Crippen MR) is 91.7 cm³/mol. The molecule has 0 saturated carbocycles. The van der Waals surface area contributed by atoms with Crippen LogP contribution in [-0.2, 0) is 0 Å². The van der Waals surface area contributed by atoms with Gasteiger partial charge in [-0.3, -0.25) is 9.36 Å². The summed E-state index contributed by atoms with van der Waals surface area (Å²) >= 11 is 1.53. The molecule has 0 aliphatic heterocycles. The van der Waals surface area contributed by atoms with E-state index in [0.717, 1.165) is 16.4 Å².